The first-order chi connectivity index (χ1) is 9.71. The zero-order valence-electron chi connectivity index (χ0n) is 13.5. The summed E-state index contributed by atoms with van der Waals surface area (Å²) in [6, 6.07) is 6.86. The summed E-state index contributed by atoms with van der Waals surface area (Å²) in [7, 11) is 4.08. The maximum Gasteiger partial charge on any atom is 0.387 e. The first-order valence-electron chi connectivity index (χ1n) is 7.13. The third-order valence-corrected chi connectivity index (χ3v) is 3.23. The van der Waals surface area contributed by atoms with E-state index < -0.39 is 6.61 Å². The Bertz CT molecular complexity index is 436. The molecule has 0 saturated carbocycles. The van der Waals surface area contributed by atoms with E-state index in [-0.39, 0.29) is 17.2 Å². The standard InChI is InChI=1S/C16H26F2N2O/c1-12(19-10-16(2,3)11-20(4)5)13-8-6-7-9-14(13)21-15(17)18/h6-9,12,15,19H,10-11H2,1-5H3. The van der Waals surface area contributed by atoms with E-state index >= 15 is 0 Å². The molecular weight excluding hydrogens is 274 g/mol. The molecule has 1 unspecified atom stereocenters. The molecule has 1 atom stereocenters. The zero-order chi connectivity index (χ0) is 16.0. The van der Waals surface area contributed by atoms with Crippen LogP contribution in [0.2, 0.25) is 0 Å². The van der Waals surface area contributed by atoms with Gasteiger partial charge in [-0.15, -0.1) is 0 Å². The lowest BCUT2D eigenvalue weighted by molar-refractivity contribution is -0.0507. The number of rotatable bonds is 8. The van der Waals surface area contributed by atoms with E-state index in [0.29, 0.717) is 0 Å². The van der Waals surface area contributed by atoms with Crippen LogP contribution in [0.5, 0.6) is 5.75 Å². The van der Waals surface area contributed by atoms with Gasteiger partial charge in [-0.3, -0.25) is 0 Å². The fourth-order valence-electron chi connectivity index (χ4n) is 2.49. The molecular formula is C16H26F2N2O. The number of halogens is 2. The Morgan fingerprint density at radius 3 is 2.43 bits per heavy atom. The second kappa shape index (κ2) is 7.71. The molecule has 0 aliphatic rings. The van der Waals surface area contributed by atoms with Crippen molar-refractivity contribution in [1.82, 2.24) is 10.2 Å². The summed E-state index contributed by atoms with van der Waals surface area (Å²) in [5.74, 6) is 0.234. The molecule has 0 amide bonds. The third-order valence-electron chi connectivity index (χ3n) is 3.23. The van der Waals surface area contributed by atoms with Crippen molar-refractivity contribution >= 4 is 0 Å². The Labute approximate surface area is 126 Å². The Balaban J connectivity index is 2.69. The van der Waals surface area contributed by atoms with Crippen LogP contribution in [0.15, 0.2) is 24.3 Å². The van der Waals surface area contributed by atoms with Gasteiger partial charge < -0.3 is 15.0 Å². The first kappa shape index (κ1) is 17.9. The van der Waals surface area contributed by atoms with Crippen molar-refractivity contribution in [3.8, 4) is 5.75 Å². The van der Waals surface area contributed by atoms with Gasteiger partial charge in [-0.05, 0) is 32.5 Å². The number of ether oxygens (including phenoxy) is 1. The van der Waals surface area contributed by atoms with Crippen molar-refractivity contribution < 1.29 is 13.5 Å². The van der Waals surface area contributed by atoms with Gasteiger partial charge in [0.25, 0.3) is 0 Å². The van der Waals surface area contributed by atoms with Crippen molar-refractivity contribution in [3.05, 3.63) is 29.8 Å². The third kappa shape index (κ3) is 6.40. The van der Waals surface area contributed by atoms with Gasteiger partial charge in [-0.25, -0.2) is 0 Å². The number of hydrogen-bond donors (Lipinski definition) is 1. The average molecular weight is 300 g/mol. The maximum atomic E-state index is 12.4. The van der Waals surface area contributed by atoms with Crippen LogP contribution < -0.4 is 10.1 Å². The summed E-state index contributed by atoms with van der Waals surface area (Å²) in [5, 5.41) is 3.41. The van der Waals surface area contributed by atoms with Gasteiger partial charge in [0, 0.05) is 24.7 Å². The lowest BCUT2D eigenvalue weighted by Crippen LogP contribution is -2.38. The summed E-state index contributed by atoms with van der Waals surface area (Å²) in [5.41, 5.74) is 0.842. The van der Waals surface area contributed by atoms with Gasteiger partial charge in [0.05, 0.1) is 0 Å². The highest BCUT2D eigenvalue weighted by Crippen LogP contribution is 2.27. The second-order valence-corrected chi connectivity index (χ2v) is 6.42. The molecule has 1 aromatic carbocycles. The highest BCUT2D eigenvalue weighted by molar-refractivity contribution is 5.35. The van der Waals surface area contributed by atoms with Crippen molar-refractivity contribution in [2.45, 2.75) is 33.4 Å². The zero-order valence-corrected chi connectivity index (χ0v) is 13.5. The lowest BCUT2D eigenvalue weighted by Gasteiger charge is -2.30. The van der Waals surface area contributed by atoms with Crippen molar-refractivity contribution in [1.29, 1.82) is 0 Å². The smallest absolute Gasteiger partial charge is 0.387 e. The molecule has 0 radical (unpaired) electrons. The number of para-hydroxylation sites is 1. The number of nitrogens with one attached hydrogen (secondary N) is 1. The number of hydrogen-bond acceptors (Lipinski definition) is 3. The average Bonchev–Trinajstić information content (AvgIpc) is 2.34. The van der Waals surface area contributed by atoms with Gasteiger partial charge in [-0.2, -0.15) is 8.78 Å². The van der Waals surface area contributed by atoms with Gasteiger partial charge in [0.15, 0.2) is 0 Å². The van der Waals surface area contributed by atoms with E-state index in [1.54, 1.807) is 12.1 Å². The molecule has 0 aliphatic carbocycles. The fourth-order valence-corrected chi connectivity index (χ4v) is 2.49. The van der Waals surface area contributed by atoms with Crippen molar-refractivity contribution in [2.24, 2.45) is 5.41 Å². The van der Waals surface area contributed by atoms with Crippen LogP contribution in [0.4, 0.5) is 8.78 Å². The Morgan fingerprint density at radius 1 is 1.24 bits per heavy atom. The number of alkyl halides is 2. The largest absolute Gasteiger partial charge is 0.434 e. The van der Waals surface area contributed by atoms with Crippen LogP contribution in [0.3, 0.4) is 0 Å². The summed E-state index contributed by atoms with van der Waals surface area (Å²) in [6.07, 6.45) is 0. The molecule has 0 aromatic heterocycles. The molecule has 0 aliphatic heterocycles. The Morgan fingerprint density at radius 2 is 1.86 bits per heavy atom. The minimum Gasteiger partial charge on any atom is -0.434 e. The summed E-state index contributed by atoms with van der Waals surface area (Å²) in [4.78, 5) is 2.14. The van der Waals surface area contributed by atoms with Gasteiger partial charge >= 0.3 is 6.61 Å². The molecule has 3 nitrogen and oxygen atoms in total. The van der Waals surface area contributed by atoms with Crippen LogP contribution in [-0.2, 0) is 0 Å². The molecule has 21 heavy (non-hydrogen) atoms. The summed E-state index contributed by atoms with van der Waals surface area (Å²) in [6.45, 7) is 5.24. The minimum atomic E-state index is -2.80. The quantitative estimate of drug-likeness (QED) is 0.795. The topological polar surface area (TPSA) is 24.5 Å². The molecule has 120 valence electrons. The van der Waals surface area contributed by atoms with Gasteiger partial charge in [0.1, 0.15) is 5.75 Å². The van der Waals surface area contributed by atoms with Crippen LogP contribution in [-0.4, -0.2) is 38.7 Å². The molecule has 0 fully saturated rings. The predicted molar refractivity (Wildman–Crippen MR) is 81.8 cm³/mol. The van der Waals surface area contributed by atoms with Gasteiger partial charge in [0.2, 0.25) is 0 Å². The normalized spacial score (nSPS) is 13.8. The highest BCUT2D eigenvalue weighted by Gasteiger charge is 2.21. The van der Waals surface area contributed by atoms with Crippen LogP contribution in [0.25, 0.3) is 0 Å². The van der Waals surface area contributed by atoms with E-state index in [1.807, 2.05) is 33.2 Å². The van der Waals surface area contributed by atoms with E-state index in [9.17, 15) is 8.78 Å². The SMILES string of the molecule is CC(NCC(C)(C)CN(C)C)c1ccccc1OC(F)F. The maximum absolute atomic E-state index is 12.4. The second-order valence-electron chi connectivity index (χ2n) is 6.42. The summed E-state index contributed by atoms with van der Waals surface area (Å²) < 4.78 is 29.5. The van der Waals surface area contributed by atoms with E-state index in [1.165, 1.54) is 0 Å². The predicted octanol–water partition coefficient (Wildman–Crippen LogP) is 3.53. The van der Waals surface area contributed by atoms with Crippen LogP contribution in [0, 0.1) is 5.41 Å². The van der Waals surface area contributed by atoms with Crippen molar-refractivity contribution in [3.63, 3.8) is 0 Å². The van der Waals surface area contributed by atoms with E-state index in [4.69, 9.17) is 0 Å². The van der Waals surface area contributed by atoms with Crippen LogP contribution in [0.1, 0.15) is 32.4 Å². The molecule has 0 bridgehead atoms. The van der Waals surface area contributed by atoms with Crippen molar-refractivity contribution in [2.75, 3.05) is 27.2 Å². The van der Waals surface area contributed by atoms with Gasteiger partial charge in [-0.1, -0.05) is 32.0 Å². The van der Waals surface area contributed by atoms with Crippen LogP contribution >= 0.6 is 0 Å². The van der Waals surface area contributed by atoms with E-state index in [2.05, 4.69) is 28.8 Å². The fraction of sp³-hybridized carbons (Fsp3) is 0.625. The molecule has 1 rings (SSSR count). The highest BCUT2D eigenvalue weighted by atomic mass is 19.3. The lowest BCUT2D eigenvalue weighted by atomic mass is 9.92. The molecule has 0 spiro atoms. The van der Waals surface area contributed by atoms with E-state index in [0.717, 1.165) is 18.7 Å². The minimum absolute atomic E-state index is 0.0543. The number of nitrogens with zero attached hydrogens (tertiary/aromatic N) is 1. The monoisotopic (exact) mass is 300 g/mol. The first-order valence-corrected chi connectivity index (χ1v) is 7.13. The molecule has 1 aromatic rings. The molecule has 1 N–H and O–H groups in total. The Hall–Kier alpha value is -1.20. The number of benzene rings is 1. The molecule has 0 saturated heterocycles. The molecule has 5 heteroatoms. The summed E-state index contributed by atoms with van der Waals surface area (Å²) >= 11 is 0. The molecule has 0 heterocycles. The Kier molecular flexibility index (Phi) is 6.55.